The molecule has 0 unspecified atom stereocenters. The zero-order valence-corrected chi connectivity index (χ0v) is 23.7. The summed E-state index contributed by atoms with van der Waals surface area (Å²) in [5, 5.41) is 0. The van der Waals surface area contributed by atoms with Gasteiger partial charge in [-0.3, -0.25) is 18.7 Å². The van der Waals surface area contributed by atoms with Crippen molar-refractivity contribution in [2.75, 3.05) is 11.5 Å². The molecule has 0 amide bonds. The summed E-state index contributed by atoms with van der Waals surface area (Å²) in [7, 11) is -8.66. The van der Waals surface area contributed by atoms with Gasteiger partial charge in [0.05, 0.1) is 22.3 Å². The highest BCUT2D eigenvalue weighted by Gasteiger charge is 2.68. The molecule has 206 valence electrons. The Labute approximate surface area is 224 Å². The lowest BCUT2D eigenvalue weighted by atomic mass is 9.70. The van der Waals surface area contributed by atoms with Gasteiger partial charge in [-0.25, -0.2) is 0 Å². The number of ketones is 2. The minimum atomic E-state index is -4.33. The average Bonchev–Trinajstić information content (AvgIpc) is 3.27. The molecule has 4 bridgehead atoms. The van der Waals surface area contributed by atoms with E-state index in [0.29, 0.717) is 36.8 Å². The Morgan fingerprint density at radius 2 is 1.03 bits per heavy atom. The summed E-state index contributed by atoms with van der Waals surface area (Å²) >= 11 is 0. The van der Waals surface area contributed by atoms with E-state index in [1.807, 2.05) is 52.0 Å². The van der Waals surface area contributed by atoms with Crippen molar-refractivity contribution in [1.29, 1.82) is 0 Å². The normalized spacial score (nSPS) is 35.6. The molecule has 4 aliphatic carbocycles. The predicted molar refractivity (Wildman–Crippen MR) is 143 cm³/mol. The number of benzene rings is 1. The molecule has 2 N–H and O–H groups in total. The van der Waals surface area contributed by atoms with Crippen LogP contribution in [0.15, 0.2) is 35.4 Å². The Bertz CT molecular complexity index is 1400. The van der Waals surface area contributed by atoms with Gasteiger partial charge in [0.1, 0.15) is 0 Å². The van der Waals surface area contributed by atoms with Crippen molar-refractivity contribution in [1.82, 2.24) is 0 Å². The zero-order valence-electron chi connectivity index (χ0n) is 22.0. The Balaban J connectivity index is 1.44. The van der Waals surface area contributed by atoms with Crippen molar-refractivity contribution in [2.24, 2.45) is 33.5 Å². The number of rotatable bonds is 6. The minimum Gasteiger partial charge on any atom is -0.294 e. The van der Waals surface area contributed by atoms with Crippen molar-refractivity contribution >= 4 is 44.0 Å². The van der Waals surface area contributed by atoms with Gasteiger partial charge in [-0.1, -0.05) is 52.0 Å². The van der Waals surface area contributed by atoms with E-state index in [1.54, 1.807) is 12.2 Å². The second-order valence-electron chi connectivity index (χ2n) is 12.8. The third kappa shape index (κ3) is 3.82. The van der Waals surface area contributed by atoms with Gasteiger partial charge in [0, 0.05) is 11.1 Å². The first kappa shape index (κ1) is 27.4. The molecule has 8 nitrogen and oxygen atoms in total. The second-order valence-corrected chi connectivity index (χ2v) is 15.7. The molecular formula is C28H34O8S2. The van der Waals surface area contributed by atoms with Gasteiger partial charge < -0.3 is 0 Å². The molecule has 4 fully saturated rings. The number of allylic oxidation sites excluding steroid dienone is 2. The summed E-state index contributed by atoms with van der Waals surface area (Å²) in [4.78, 5) is 26.9. The Hall–Kier alpha value is -2.14. The molecule has 4 saturated carbocycles. The molecule has 1 aromatic rings. The van der Waals surface area contributed by atoms with Gasteiger partial charge in [-0.05, 0) is 71.6 Å². The topological polar surface area (TPSA) is 143 Å². The lowest BCUT2D eigenvalue weighted by molar-refractivity contribution is -0.125. The van der Waals surface area contributed by atoms with Crippen molar-refractivity contribution in [3.05, 3.63) is 46.5 Å². The highest BCUT2D eigenvalue weighted by atomic mass is 32.2. The van der Waals surface area contributed by atoms with E-state index < -0.39 is 53.4 Å². The minimum absolute atomic E-state index is 0.105. The van der Waals surface area contributed by atoms with E-state index in [-0.39, 0.29) is 23.4 Å². The number of fused-ring (bicyclic) bond motifs is 4. The molecule has 4 aliphatic rings. The van der Waals surface area contributed by atoms with Crippen LogP contribution in [0.25, 0.3) is 12.2 Å². The van der Waals surface area contributed by atoms with Crippen molar-refractivity contribution in [2.45, 2.75) is 53.4 Å². The Morgan fingerprint density at radius 1 is 0.711 bits per heavy atom. The predicted octanol–water partition coefficient (Wildman–Crippen LogP) is 4.24. The molecule has 10 heteroatoms. The quantitative estimate of drug-likeness (QED) is 0.387. The van der Waals surface area contributed by atoms with Crippen LogP contribution in [-0.4, -0.2) is 49.0 Å². The monoisotopic (exact) mass is 562 g/mol. The fraction of sp³-hybridized carbons (Fsp3) is 0.571. The number of carbonyl (C=O) groups excluding carboxylic acids is 2. The van der Waals surface area contributed by atoms with Gasteiger partial charge >= 0.3 is 0 Å². The van der Waals surface area contributed by atoms with E-state index >= 15 is 0 Å². The van der Waals surface area contributed by atoms with Gasteiger partial charge in [-0.2, -0.15) is 16.8 Å². The third-order valence-electron chi connectivity index (χ3n) is 10.5. The third-order valence-corrected chi connectivity index (χ3v) is 12.2. The zero-order chi connectivity index (χ0) is 28.1. The molecule has 0 radical (unpaired) electrons. The van der Waals surface area contributed by atoms with E-state index in [0.717, 1.165) is 11.1 Å². The highest BCUT2D eigenvalue weighted by molar-refractivity contribution is 7.86. The lowest BCUT2D eigenvalue weighted by Crippen LogP contribution is -2.42. The van der Waals surface area contributed by atoms with E-state index in [1.165, 1.54) is 0 Å². The standard InChI is InChI=1S/C28H34O8S2/c1-25(2)21-9-11-27(25,15-37(31,32)33)23(29)19(21)13-17-5-7-18(8-6-17)14-20-22-10-12-28(24(20)30,26(22,3)4)16-38(34,35)36/h5-8,13-14,21-22H,9-12,15-16H2,1-4H3,(H,31,32,33)(H,34,35,36)/t21-,22-,27-,28-/m0/s1. The van der Waals surface area contributed by atoms with Crippen LogP contribution in [0.2, 0.25) is 0 Å². The van der Waals surface area contributed by atoms with Crippen LogP contribution in [0.4, 0.5) is 0 Å². The van der Waals surface area contributed by atoms with Crippen LogP contribution >= 0.6 is 0 Å². The molecular weight excluding hydrogens is 528 g/mol. The molecule has 0 aliphatic heterocycles. The maximum Gasteiger partial charge on any atom is 0.265 e. The number of Topliss-reactive ketones (excluding diaryl/α,β-unsaturated/α-hetero) is 2. The van der Waals surface area contributed by atoms with Crippen LogP contribution in [0, 0.1) is 33.5 Å². The van der Waals surface area contributed by atoms with E-state index in [2.05, 4.69) is 0 Å². The first-order valence-corrected chi connectivity index (χ1v) is 16.1. The molecule has 1 aromatic carbocycles. The van der Waals surface area contributed by atoms with Gasteiger partial charge in [0.25, 0.3) is 20.2 Å². The van der Waals surface area contributed by atoms with Gasteiger partial charge in [0.15, 0.2) is 11.6 Å². The molecule has 0 saturated heterocycles. The number of hydrogen-bond acceptors (Lipinski definition) is 6. The molecule has 0 heterocycles. The van der Waals surface area contributed by atoms with Crippen LogP contribution in [0.5, 0.6) is 0 Å². The smallest absolute Gasteiger partial charge is 0.265 e. The largest absolute Gasteiger partial charge is 0.294 e. The van der Waals surface area contributed by atoms with Gasteiger partial charge in [-0.15, -0.1) is 0 Å². The van der Waals surface area contributed by atoms with Crippen molar-refractivity contribution in [3.8, 4) is 0 Å². The first-order valence-electron chi connectivity index (χ1n) is 12.9. The fourth-order valence-corrected chi connectivity index (χ4v) is 10.8. The van der Waals surface area contributed by atoms with E-state index in [9.17, 15) is 35.5 Å². The van der Waals surface area contributed by atoms with Crippen molar-refractivity contribution in [3.63, 3.8) is 0 Å². The highest BCUT2D eigenvalue weighted by Crippen LogP contribution is 2.67. The van der Waals surface area contributed by atoms with Crippen LogP contribution in [0.1, 0.15) is 64.5 Å². The van der Waals surface area contributed by atoms with E-state index in [4.69, 9.17) is 0 Å². The molecule has 38 heavy (non-hydrogen) atoms. The molecule has 0 aromatic heterocycles. The molecule has 4 atom stereocenters. The fourth-order valence-electron chi connectivity index (χ4n) is 8.23. The van der Waals surface area contributed by atoms with Crippen LogP contribution in [-0.2, 0) is 29.8 Å². The second kappa shape index (κ2) is 8.19. The molecule has 5 rings (SSSR count). The first-order chi connectivity index (χ1) is 17.3. The van der Waals surface area contributed by atoms with Gasteiger partial charge in [0.2, 0.25) is 0 Å². The lowest BCUT2D eigenvalue weighted by Gasteiger charge is -2.34. The Kier molecular flexibility index (Phi) is 5.91. The number of carbonyl (C=O) groups is 2. The van der Waals surface area contributed by atoms with Crippen LogP contribution in [0.3, 0.4) is 0 Å². The van der Waals surface area contributed by atoms with Crippen molar-refractivity contribution < 1.29 is 35.5 Å². The summed E-state index contributed by atoms with van der Waals surface area (Å²) in [6.07, 6.45) is 5.80. The Morgan fingerprint density at radius 3 is 1.32 bits per heavy atom. The summed E-state index contributed by atoms with van der Waals surface area (Å²) in [5.74, 6) is -1.80. The summed E-state index contributed by atoms with van der Waals surface area (Å²) < 4.78 is 66.1. The summed E-state index contributed by atoms with van der Waals surface area (Å²) in [6.45, 7) is 7.58. The van der Waals surface area contributed by atoms with Crippen LogP contribution < -0.4 is 0 Å². The average molecular weight is 563 g/mol. The number of hydrogen-bond donors (Lipinski definition) is 2. The molecule has 0 spiro atoms. The summed E-state index contributed by atoms with van der Waals surface area (Å²) in [6, 6.07) is 7.33. The maximum absolute atomic E-state index is 13.4. The SMILES string of the molecule is CC1(C)[C@H]2CC[C@]1(CS(=O)(=O)O)C(=O)C2=Cc1ccc(C=C2C(=O)[C@@]3(CS(=O)(=O)O)CC[C@@H]2C3(C)C)cc1. The maximum atomic E-state index is 13.4. The summed E-state index contributed by atoms with van der Waals surface area (Å²) in [5.41, 5.74) is -0.762.